The maximum atomic E-state index is 4.38. The molecule has 4 rings (SSSR count). The van der Waals surface area contributed by atoms with Crippen molar-refractivity contribution in [1.82, 2.24) is 10.3 Å². The monoisotopic (exact) mass is 346 g/mol. The van der Waals surface area contributed by atoms with Crippen molar-refractivity contribution in [3.63, 3.8) is 0 Å². The van der Waals surface area contributed by atoms with E-state index in [0.717, 1.165) is 53.2 Å². The van der Waals surface area contributed by atoms with Gasteiger partial charge in [0.05, 0.1) is 0 Å². The van der Waals surface area contributed by atoms with Crippen LogP contribution in [0.1, 0.15) is 23.2 Å². The highest BCUT2D eigenvalue weighted by Crippen LogP contribution is 2.32. The molecule has 4 heteroatoms. The van der Waals surface area contributed by atoms with Gasteiger partial charge < -0.3 is 20.9 Å². The summed E-state index contributed by atoms with van der Waals surface area (Å²) in [6, 6.07) is 15.6. The van der Waals surface area contributed by atoms with Gasteiger partial charge in [0, 0.05) is 58.7 Å². The molecule has 0 radical (unpaired) electrons. The van der Waals surface area contributed by atoms with Crippen LogP contribution < -0.4 is 16.0 Å². The minimum Gasteiger partial charge on any atom is -0.388 e. The molecular formula is C22H26N4. The zero-order valence-electron chi connectivity index (χ0n) is 15.4. The van der Waals surface area contributed by atoms with Gasteiger partial charge in [0.25, 0.3) is 0 Å². The van der Waals surface area contributed by atoms with Crippen LogP contribution in [-0.2, 0) is 0 Å². The van der Waals surface area contributed by atoms with Gasteiger partial charge in [-0.25, -0.2) is 0 Å². The van der Waals surface area contributed by atoms with E-state index in [1.165, 1.54) is 10.9 Å². The lowest BCUT2D eigenvalue weighted by Crippen LogP contribution is -2.22. The van der Waals surface area contributed by atoms with Crippen LogP contribution in [0.3, 0.4) is 0 Å². The molecule has 0 bridgehead atoms. The maximum Gasteiger partial charge on any atom is 0.0465 e. The Hall–Kier alpha value is -2.72. The van der Waals surface area contributed by atoms with Gasteiger partial charge in [0.15, 0.2) is 0 Å². The molecule has 4 nitrogen and oxygen atoms in total. The van der Waals surface area contributed by atoms with E-state index < -0.39 is 0 Å². The van der Waals surface area contributed by atoms with Crippen LogP contribution in [-0.4, -0.2) is 31.2 Å². The number of aromatic amines is 1. The predicted octanol–water partition coefficient (Wildman–Crippen LogP) is 4.35. The van der Waals surface area contributed by atoms with Crippen molar-refractivity contribution < 1.29 is 0 Å². The number of benzene rings is 2. The number of H-pyrrole nitrogens is 1. The SMILES string of the molecule is C=C(c1cc2ccc(C)cc2[nH]1)c1cc(NC2CCNC2)ccc1NC. The number of hydrogen-bond acceptors (Lipinski definition) is 3. The normalized spacial score (nSPS) is 16.8. The third-order valence-corrected chi connectivity index (χ3v) is 5.15. The average molecular weight is 346 g/mol. The topological polar surface area (TPSA) is 51.9 Å². The third kappa shape index (κ3) is 3.20. The summed E-state index contributed by atoms with van der Waals surface area (Å²) in [6.07, 6.45) is 1.16. The van der Waals surface area contributed by atoms with Gasteiger partial charge in [-0.15, -0.1) is 0 Å². The van der Waals surface area contributed by atoms with E-state index in [4.69, 9.17) is 0 Å². The van der Waals surface area contributed by atoms with E-state index in [9.17, 15) is 0 Å². The van der Waals surface area contributed by atoms with Crippen molar-refractivity contribution in [2.24, 2.45) is 0 Å². The molecule has 1 aromatic heterocycles. The molecule has 4 N–H and O–H groups in total. The van der Waals surface area contributed by atoms with Crippen LogP contribution in [0.4, 0.5) is 11.4 Å². The minimum absolute atomic E-state index is 0.493. The number of nitrogens with one attached hydrogen (secondary N) is 4. The number of anilines is 2. The molecule has 1 fully saturated rings. The smallest absolute Gasteiger partial charge is 0.0465 e. The lowest BCUT2D eigenvalue weighted by atomic mass is 10.0. The van der Waals surface area contributed by atoms with Crippen LogP contribution in [0, 0.1) is 6.92 Å². The van der Waals surface area contributed by atoms with E-state index in [0.29, 0.717) is 6.04 Å². The molecule has 0 saturated carbocycles. The summed E-state index contributed by atoms with van der Waals surface area (Å²) in [6.45, 7) is 8.60. The Morgan fingerprint density at radius 2 is 2.04 bits per heavy atom. The second-order valence-corrected chi connectivity index (χ2v) is 7.10. The number of aromatic nitrogens is 1. The number of aryl methyl sites for hydroxylation is 1. The highest BCUT2D eigenvalue weighted by Gasteiger charge is 2.16. The van der Waals surface area contributed by atoms with Crippen LogP contribution in [0.15, 0.2) is 49.0 Å². The minimum atomic E-state index is 0.493. The second-order valence-electron chi connectivity index (χ2n) is 7.10. The van der Waals surface area contributed by atoms with Gasteiger partial charge in [-0.2, -0.15) is 0 Å². The molecule has 2 heterocycles. The molecule has 0 aliphatic carbocycles. The molecule has 26 heavy (non-hydrogen) atoms. The third-order valence-electron chi connectivity index (χ3n) is 5.15. The van der Waals surface area contributed by atoms with Gasteiger partial charge in [0.1, 0.15) is 0 Å². The Morgan fingerprint density at radius 3 is 2.81 bits per heavy atom. The average Bonchev–Trinajstić information content (AvgIpc) is 3.30. The first-order valence-corrected chi connectivity index (χ1v) is 9.22. The molecule has 134 valence electrons. The molecular weight excluding hydrogens is 320 g/mol. The van der Waals surface area contributed by atoms with Gasteiger partial charge in [-0.3, -0.25) is 0 Å². The standard InChI is InChI=1S/C22H26N4/c1-14-4-5-16-11-21(26-22(16)10-14)15(2)19-12-17(6-7-20(19)23-3)25-18-8-9-24-13-18/h4-7,10-12,18,23-26H,2,8-9,13H2,1,3H3. The molecule has 1 saturated heterocycles. The zero-order valence-corrected chi connectivity index (χ0v) is 15.4. The summed E-state index contributed by atoms with van der Waals surface area (Å²) >= 11 is 0. The first-order chi connectivity index (χ1) is 12.6. The number of fused-ring (bicyclic) bond motifs is 1. The summed E-state index contributed by atoms with van der Waals surface area (Å²) < 4.78 is 0. The fourth-order valence-corrected chi connectivity index (χ4v) is 3.66. The summed E-state index contributed by atoms with van der Waals surface area (Å²) in [7, 11) is 1.95. The van der Waals surface area contributed by atoms with Gasteiger partial charge in [-0.05, 0) is 55.8 Å². The van der Waals surface area contributed by atoms with Crippen molar-refractivity contribution in [2.45, 2.75) is 19.4 Å². The molecule has 1 atom stereocenters. The van der Waals surface area contributed by atoms with Crippen molar-refractivity contribution >= 4 is 27.9 Å². The molecule has 2 aromatic carbocycles. The highest BCUT2D eigenvalue weighted by molar-refractivity contribution is 5.91. The quantitative estimate of drug-likeness (QED) is 0.555. The van der Waals surface area contributed by atoms with Crippen LogP contribution in [0.2, 0.25) is 0 Å². The molecule has 0 amide bonds. The number of hydrogen-bond donors (Lipinski definition) is 4. The highest BCUT2D eigenvalue weighted by atomic mass is 15.0. The van der Waals surface area contributed by atoms with E-state index in [-0.39, 0.29) is 0 Å². The van der Waals surface area contributed by atoms with Gasteiger partial charge in [-0.1, -0.05) is 18.7 Å². The molecule has 0 spiro atoms. The Bertz CT molecular complexity index is 948. The summed E-state index contributed by atoms with van der Waals surface area (Å²) in [5.74, 6) is 0. The molecule has 3 aromatic rings. The Morgan fingerprint density at radius 1 is 1.15 bits per heavy atom. The number of rotatable bonds is 5. The summed E-state index contributed by atoms with van der Waals surface area (Å²) in [5, 5.41) is 11.5. The van der Waals surface area contributed by atoms with Crippen molar-refractivity contribution in [3.05, 3.63) is 65.9 Å². The molecule has 1 aliphatic rings. The Balaban J connectivity index is 1.68. The zero-order chi connectivity index (χ0) is 18.1. The largest absolute Gasteiger partial charge is 0.388 e. The lowest BCUT2D eigenvalue weighted by Gasteiger charge is -2.17. The Kier molecular flexibility index (Phi) is 4.43. The van der Waals surface area contributed by atoms with Crippen LogP contribution >= 0.6 is 0 Å². The van der Waals surface area contributed by atoms with E-state index in [1.54, 1.807) is 0 Å². The molecule has 1 unspecified atom stereocenters. The second kappa shape index (κ2) is 6.89. The summed E-state index contributed by atoms with van der Waals surface area (Å²) in [5.41, 5.74) is 7.80. The van der Waals surface area contributed by atoms with E-state index >= 15 is 0 Å². The van der Waals surface area contributed by atoms with Gasteiger partial charge in [0.2, 0.25) is 0 Å². The molecule has 1 aliphatic heterocycles. The van der Waals surface area contributed by atoms with E-state index in [1.807, 2.05) is 7.05 Å². The van der Waals surface area contributed by atoms with Crippen LogP contribution in [0.25, 0.3) is 16.5 Å². The fourth-order valence-electron chi connectivity index (χ4n) is 3.66. The first kappa shape index (κ1) is 16.7. The lowest BCUT2D eigenvalue weighted by molar-refractivity contribution is 0.793. The van der Waals surface area contributed by atoms with Crippen molar-refractivity contribution in [2.75, 3.05) is 30.8 Å². The van der Waals surface area contributed by atoms with Gasteiger partial charge >= 0.3 is 0 Å². The fraction of sp³-hybridized carbons (Fsp3) is 0.273. The Labute approximate surface area is 154 Å². The van der Waals surface area contributed by atoms with Crippen molar-refractivity contribution in [3.8, 4) is 0 Å². The van der Waals surface area contributed by atoms with E-state index in [2.05, 4.69) is 76.9 Å². The maximum absolute atomic E-state index is 4.38. The van der Waals surface area contributed by atoms with Crippen molar-refractivity contribution in [1.29, 1.82) is 0 Å². The first-order valence-electron chi connectivity index (χ1n) is 9.22. The van der Waals surface area contributed by atoms with Crippen LogP contribution in [0.5, 0.6) is 0 Å². The predicted molar refractivity (Wildman–Crippen MR) is 112 cm³/mol. The summed E-state index contributed by atoms with van der Waals surface area (Å²) in [4.78, 5) is 3.52.